The Bertz CT molecular complexity index is 738. The normalized spacial score (nSPS) is 11.6. The maximum Gasteiger partial charge on any atom is 0.338 e. The van der Waals surface area contributed by atoms with Crippen molar-refractivity contribution >= 4 is 11.9 Å². The Balaban J connectivity index is 1.87. The number of benzene rings is 2. The van der Waals surface area contributed by atoms with Gasteiger partial charge in [0, 0.05) is 0 Å². The maximum absolute atomic E-state index is 11.9. The molecule has 0 aliphatic carbocycles. The molecule has 1 atom stereocenters. The first-order valence-electron chi connectivity index (χ1n) is 7.69. The van der Waals surface area contributed by atoms with Gasteiger partial charge >= 0.3 is 5.97 Å². The summed E-state index contributed by atoms with van der Waals surface area (Å²) in [5.74, 6) is -0.914. The quantitative estimate of drug-likeness (QED) is 0.828. The van der Waals surface area contributed by atoms with Gasteiger partial charge in [-0.15, -0.1) is 0 Å². The Kier molecular flexibility index (Phi) is 5.58. The zero-order valence-electron chi connectivity index (χ0n) is 14.0. The van der Waals surface area contributed by atoms with Gasteiger partial charge in [-0.3, -0.25) is 4.79 Å². The van der Waals surface area contributed by atoms with Crippen LogP contribution in [0.15, 0.2) is 42.5 Å². The molecule has 1 amide bonds. The van der Waals surface area contributed by atoms with Crippen LogP contribution in [0.3, 0.4) is 0 Å². The summed E-state index contributed by atoms with van der Waals surface area (Å²) in [5, 5.41) is 12.0. The highest BCUT2D eigenvalue weighted by Gasteiger charge is 2.13. The Morgan fingerprint density at radius 2 is 1.75 bits per heavy atom. The Morgan fingerprint density at radius 3 is 2.38 bits per heavy atom. The molecule has 126 valence electrons. The summed E-state index contributed by atoms with van der Waals surface area (Å²) in [6.45, 7) is 5.58. The fraction of sp³-hybridized carbons (Fsp3) is 0.263. The molecule has 0 bridgehead atoms. The van der Waals surface area contributed by atoms with E-state index in [9.17, 15) is 14.7 Å². The number of amides is 1. The van der Waals surface area contributed by atoms with Crippen molar-refractivity contribution in [2.75, 3.05) is 6.61 Å². The molecular weight excluding hydrogens is 306 g/mol. The molecule has 0 radical (unpaired) electrons. The van der Waals surface area contributed by atoms with Crippen LogP contribution in [0.25, 0.3) is 0 Å². The molecule has 0 saturated carbocycles. The van der Waals surface area contributed by atoms with Crippen LogP contribution in [-0.2, 0) is 9.53 Å². The molecule has 0 aliphatic heterocycles. The van der Waals surface area contributed by atoms with Gasteiger partial charge in [0.1, 0.15) is 5.75 Å². The number of carbonyl (C=O) groups is 2. The molecule has 2 aromatic rings. The van der Waals surface area contributed by atoms with Gasteiger partial charge in [0.05, 0.1) is 11.6 Å². The van der Waals surface area contributed by atoms with Crippen molar-refractivity contribution in [3.8, 4) is 5.75 Å². The molecule has 0 aliphatic rings. The van der Waals surface area contributed by atoms with Gasteiger partial charge < -0.3 is 15.2 Å². The van der Waals surface area contributed by atoms with Crippen molar-refractivity contribution in [3.05, 3.63) is 64.7 Å². The van der Waals surface area contributed by atoms with E-state index in [2.05, 4.69) is 5.32 Å². The second-order valence-corrected chi connectivity index (χ2v) is 5.76. The van der Waals surface area contributed by atoms with Crippen LogP contribution in [0.1, 0.15) is 40.0 Å². The minimum absolute atomic E-state index is 0.0616. The number of ether oxygens (including phenoxy) is 1. The summed E-state index contributed by atoms with van der Waals surface area (Å²) < 4.78 is 4.98. The standard InChI is InChI=1S/C19H21NO4/c1-12-4-5-16(10-13(12)2)14(3)20-18(22)11-24-19(23)15-6-8-17(21)9-7-15/h4-10,14,21H,11H2,1-3H3,(H,20,22). The largest absolute Gasteiger partial charge is 0.508 e. The van der Waals surface area contributed by atoms with Crippen molar-refractivity contribution in [3.63, 3.8) is 0 Å². The average Bonchev–Trinajstić information content (AvgIpc) is 2.55. The van der Waals surface area contributed by atoms with Crippen LogP contribution in [0.5, 0.6) is 5.75 Å². The lowest BCUT2D eigenvalue weighted by Crippen LogP contribution is -2.31. The molecule has 5 nitrogen and oxygen atoms in total. The van der Waals surface area contributed by atoms with E-state index in [1.54, 1.807) is 0 Å². The lowest BCUT2D eigenvalue weighted by molar-refractivity contribution is -0.124. The fourth-order valence-corrected chi connectivity index (χ4v) is 2.21. The summed E-state index contributed by atoms with van der Waals surface area (Å²) in [4.78, 5) is 23.8. The highest BCUT2D eigenvalue weighted by molar-refractivity contribution is 5.91. The number of hydrogen-bond acceptors (Lipinski definition) is 4. The number of carbonyl (C=O) groups excluding carboxylic acids is 2. The van der Waals surface area contributed by atoms with Gasteiger partial charge in [-0.1, -0.05) is 18.2 Å². The van der Waals surface area contributed by atoms with Crippen molar-refractivity contribution in [1.82, 2.24) is 5.32 Å². The molecule has 5 heteroatoms. The van der Waals surface area contributed by atoms with E-state index in [4.69, 9.17) is 4.74 Å². The average molecular weight is 327 g/mol. The Morgan fingerprint density at radius 1 is 1.08 bits per heavy atom. The zero-order valence-corrected chi connectivity index (χ0v) is 14.0. The summed E-state index contributed by atoms with van der Waals surface area (Å²) >= 11 is 0. The molecule has 0 fully saturated rings. The lowest BCUT2D eigenvalue weighted by atomic mass is 10.0. The highest BCUT2D eigenvalue weighted by atomic mass is 16.5. The summed E-state index contributed by atoms with van der Waals surface area (Å²) in [6.07, 6.45) is 0. The van der Waals surface area contributed by atoms with Crippen LogP contribution < -0.4 is 5.32 Å². The molecule has 2 N–H and O–H groups in total. The van der Waals surface area contributed by atoms with E-state index >= 15 is 0 Å². The molecule has 24 heavy (non-hydrogen) atoms. The van der Waals surface area contributed by atoms with Crippen LogP contribution in [0.4, 0.5) is 0 Å². The fourth-order valence-electron chi connectivity index (χ4n) is 2.21. The predicted octanol–water partition coefficient (Wildman–Crippen LogP) is 3.04. The van der Waals surface area contributed by atoms with Gasteiger partial charge in [-0.05, 0) is 61.7 Å². The third-order valence-corrected chi connectivity index (χ3v) is 3.85. The number of phenolic OH excluding ortho intramolecular Hbond substituents is 1. The minimum Gasteiger partial charge on any atom is -0.508 e. The van der Waals surface area contributed by atoms with E-state index in [0.29, 0.717) is 0 Å². The van der Waals surface area contributed by atoms with E-state index in [1.165, 1.54) is 29.8 Å². The number of aryl methyl sites for hydroxylation is 2. The van der Waals surface area contributed by atoms with Crippen molar-refractivity contribution in [1.29, 1.82) is 0 Å². The van der Waals surface area contributed by atoms with Gasteiger partial charge in [-0.25, -0.2) is 4.79 Å². The number of esters is 1. The topological polar surface area (TPSA) is 75.6 Å². The van der Waals surface area contributed by atoms with Crippen molar-refractivity contribution in [2.24, 2.45) is 0 Å². The molecule has 0 aromatic heterocycles. The van der Waals surface area contributed by atoms with E-state index in [0.717, 1.165) is 11.1 Å². The molecular formula is C19H21NO4. The number of phenols is 1. The van der Waals surface area contributed by atoms with Crippen molar-refractivity contribution < 1.29 is 19.4 Å². The number of rotatable bonds is 5. The third-order valence-electron chi connectivity index (χ3n) is 3.85. The van der Waals surface area contributed by atoms with E-state index in [-0.39, 0.29) is 29.9 Å². The Labute approximate surface area is 141 Å². The number of hydrogen-bond donors (Lipinski definition) is 2. The zero-order chi connectivity index (χ0) is 17.7. The first-order valence-corrected chi connectivity index (χ1v) is 7.69. The molecule has 0 heterocycles. The van der Waals surface area contributed by atoms with Crippen LogP contribution in [-0.4, -0.2) is 23.6 Å². The summed E-state index contributed by atoms with van der Waals surface area (Å²) in [7, 11) is 0. The second-order valence-electron chi connectivity index (χ2n) is 5.76. The van der Waals surface area contributed by atoms with Crippen LogP contribution in [0, 0.1) is 13.8 Å². The molecule has 0 saturated heterocycles. The second kappa shape index (κ2) is 7.64. The van der Waals surface area contributed by atoms with E-state index in [1.807, 2.05) is 39.0 Å². The van der Waals surface area contributed by atoms with Gasteiger partial charge in [0.2, 0.25) is 0 Å². The lowest BCUT2D eigenvalue weighted by Gasteiger charge is -2.15. The SMILES string of the molecule is Cc1ccc(C(C)NC(=O)COC(=O)c2ccc(O)cc2)cc1C. The highest BCUT2D eigenvalue weighted by Crippen LogP contribution is 2.16. The Hall–Kier alpha value is -2.82. The maximum atomic E-state index is 11.9. The van der Waals surface area contributed by atoms with Gasteiger partial charge in [-0.2, -0.15) is 0 Å². The molecule has 2 aromatic carbocycles. The van der Waals surface area contributed by atoms with Crippen LogP contribution >= 0.6 is 0 Å². The number of aromatic hydroxyl groups is 1. The monoisotopic (exact) mass is 327 g/mol. The summed E-state index contributed by atoms with van der Waals surface area (Å²) in [6, 6.07) is 11.5. The van der Waals surface area contributed by atoms with Gasteiger partial charge in [0.25, 0.3) is 5.91 Å². The minimum atomic E-state index is -0.607. The van der Waals surface area contributed by atoms with E-state index < -0.39 is 5.97 Å². The smallest absolute Gasteiger partial charge is 0.338 e. The first-order chi connectivity index (χ1) is 11.4. The van der Waals surface area contributed by atoms with Crippen LogP contribution in [0.2, 0.25) is 0 Å². The summed E-state index contributed by atoms with van der Waals surface area (Å²) in [5.41, 5.74) is 3.63. The number of nitrogens with one attached hydrogen (secondary N) is 1. The third kappa shape index (κ3) is 4.59. The first kappa shape index (κ1) is 17.5. The molecule has 1 unspecified atom stereocenters. The van der Waals surface area contributed by atoms with Crippen molar-refractivity contribution in [2.45, 2.75) is 26.8 Å². The molecule has 2 rings (SSSR count). The molecule has 0 spiro atoms. The van der Waals surface area contributed by atoms with Gasteiger partial charge in [0.15, 0.2) is 6.61 Å². The predicted molar refractivity (Wildman–Crippen MR) is 90.9 cm³/mol.